The zero-order valence-electron chi connectivity index (χ0n) is 15.5. The van der Waals surface area contributed by atoms with E-state index in [0.29, 0.717) is 46.1 Å². The molecule has 8 nitrogen and oxygen atoms in total. The number of carbonyl (C=O) groups excluding carboxylic acids is 1. The van der Waals surface area contributed by atoms with E-state index < -0.39 is 23.1 Å². The van der Waals surface area contributed by atoms with E-state index in [2.05, 4.69) is 10.3 Å². The lowest BCUT2D eigenvalue weighted by Gasteiger charge is -2.27. The highest BCUT2D eigenvalue weighted by atomic mass is 19.1. The van der Waals surface area contributed by atoms with Crippen molar-refractivity contribution in [3.05, 3.63) is 46.9 Å². The van der Waals surface area contributed by atoms with E-state index in [4.69, 9.17) is 9.47 Å². The maximum Gasteiger partial charge on any atom is 0.341 e. The van der Waals surface area contributed by atoms with Crippen molar-refractivity contribution in [1.82, 2.24) is 15.3 Å². The van der Waals surface area contributed by atoms with E-state index in [0.717, 1.165) is 24.9 Å². The van der Waals surface area contributed by atoms with Crippen molar-refractivity contribution < 1.29 is 28.6 Å². The predicted octanol–water partition coefficient (Wildman–Crippen LogP) is 0.646. The molecule has 0 aliphatic carbocycles. The molecule has 2 saturated heterocycles. The second kappa shape index (κ2) is 9.74. The highest BCUT2D eigenvalue weighted by molar-refractivity contribution is 6.23. The maximum atomic E-state index is 14.3. The normalized spacial score (nSPS) is 19.4. The number of ketones is 1. The molecular formula is C19H24FN3O5. The summed E-state index contributed by atoms with van der Waals surface area (Å²) >= 11 is 0. The molecule has 2 aliphatic heterocycles. The third-order valence-corrected chi connectivity index (χ3v) is 4.66. The van der Waals surface area contributed by atoms with Crippen LogP contribution in [0.5, 0.6) is 0 Å². The number of Topliss-reactive ketones (excluding diaryl/α,β-unsaturated/α-hetero) is 1. The predicted molar refractivity (Wildman–Crippen MR) is 98.1 cm³/mol. The number of nitrogens with one attached hydrogen (secondary N) is 1. The van der Waals surface area contributed by atoms with Gasteiger partial charge in [0.05, 0.1) is 32.0 Å². The molecule has 3 rings (SSSR count). The van der Waals surface area contributed by atoms with Gasteiger partial charge in [-0.25, -0.2) is 14.2 Å². The van der Waals surface area contributed by atoms with Gasteiger partial charge in [-0.2, -0.15) is 0 Å². The molecule has 0 aromatic heterocycles. The Morgan fingerprint density at radius 2 is 1.75 bits per heavy atom. The van der Waals surface area contributed by atoms with E-state index in [-0.39, 0.29) is 5.56 Å². The summed E-state index contributed by atoms with van der Waals surface area (Å²) in [5, 5.41) is 11.2. The molecule has 0 saturated carbocycles. The maximum absolute atomic E-state index is 14.3. The van der Waals surface area contributed by atoms with E-state index in [1.165, 1.54) is 12.1 Å². The molecule has 0 radical (unpaired) electrons. The first-order valence-electron chi connectivity index (χ1n) is 9.20. The van der Waals surface area contributed by atoms with Crippen LogP contribution in [0.2, 0.25) is 0 Å². The molecule has 0 amide bonds. The molecule has 9 heteroatoms. The SMILES string of the molecule is O=C(O)C(=CNN1CCOCC1)C(=O)c1cc(CN2CCOCC2)ccc1F. The van der Waals surface area contributed by atoms with Crippen LogP contribution in [-0.4, -0.2) is 79.4 Å². The second-order valence-corrected chi connectivity index (χ2v) is 6.62. The average Bonchev–Trinajstić information content (AvgIpc) is 2.71. The lowest BCUT2D eigenvalue weighted by Crippen LogP contribution is -2.43. The summed E-state index contributed by atoms with van der Waals surface area (Å²) in [6, 6.07) is 4.24. The monoisotopic (exact) mass is 393 g/mol. The summed E-state index contributed by atoms with van der Waals surface area (Å²) < 4.78 is 24.8. The third-order valence-electron chi connectivity index (χ3n) is 4.66. The summed E-state index contributed by atoms with van der Waals surface area (Å²) in [7, 11) is 0. The molecule has 0 atom stereocenters. The van der Waals surface area contributed by atoms with Gasteiger partial charge in [0.2, 0.25) is 5.78 Å². The van der Waals surface area contributed by atoms with Crippen LogP contribution in [-0.2, 0) is 20.8 Å². The molecule has 0 unspecified atom stereocenters. The second-order valence-electron chi connectivity index (χ2n) is 6.62. The van der Waals surface area contributed by atoms with E-state index in [9.17, 15) is 19.1 Å². The van der Waals surface area contributed by atoms with Crippen molar-refractivity contribution in [3.8, 4) is 0 Å². The standard InChI is InChI=1S/C19H24FN3O5/c20-17-2-1-14(13-22-3-7-27-8-4-22)11-15(17)18(24)16(19(25)26)12-21-23-5-9-28-10-6-23/h1-2,11-12,21H,3-10,13H2,(H,25,26). The van der Waals surface area contributed by atoms with Crippen LogP contribution in [0.3, 0.4) is 0 Å². The molecule has 2 N–H and O–H groups in total. The number of carboxylic acid groups (broad SMARTS) is 1. The number of nitrogens with zero attached hydrogens (tertiary/aromatic N) is 2. The van der Waals surface area contributed by atoms with Crippen LogP contribution in [0.25, 0.3) is 0 Å². The van der Waals surface area contributed by atoms with Crippen molar-refractivity contribution in [2.24, 2.45) is 0 Å². The van der Waals surface area contributed by atoms with Gasteiger partial charge in [0, 0.05) is 38.9 Å². The Kier molecular flexibility index (Phi) is 7.10. The molecule has 0 spiro atoms. The summed E-state index contributed by atoms with van der Waals surface area (Å²) in [5.41, 5.74) is 2.78. The van der Waals surface area contributed by atoms with Crippen molar-refractivity contribution in [2.75, 3.05) is 52.6 Å². The number of halogens is 1. The minimum atomic E-state index is -1.41. The fourth-order valence-electron chi connectivity index (χ4n) is 3.08. The number of ether oxygens (including phenoxy) is 2. The summed E-state index contributed by atoms with van der Waals surface area (Å²) in [4.78, 5) is 26.4. The van der Waals surface area contributed by atoms with Crippen molar-refractivity contribution >= 4 is 11.8 Å². The minimum absolute atomic E-state index is 0.247. The van der Waals surface area contributed by atoms with Gasteiger partial charge in [0.25, 0.3) is 0 Å². The fraction of sp³-hybridized carbons (Fsp3) is 0.474. The van der Waals surface area contributed by atoms with E-state index >= 15 is 0 Å². The smallest absolute Gasteiger partial charge is 0.341 e. The number of carbonyl (C=O) groups is 2. The number of carboxylic acids is 1. The van der Waals surface area contributed by atoms with Crippen LogP contribution in [0.15, 0.2) is 30.0 Å². The van der Waals surface area contributed by atoms with Crippen LogP contribution in [0, 0.1) is 5.82 Å². The van der Waals surface area contributed by atoms with Crippen LogP contribution in [0.1, 0.15) is 15.9 Å². The Morgan fingerprint density at radius 1 is 1.11 bits per heavy atom. The van der Waals surface area contributed by atoms with E-state index in [1.807, 2.05) is 0 Å². The lowest BCUT2D eigenvalue weighted by molar-refractivity contribution is -0.132. The van der Waals surface area contributed by atoms with Gasteiger partial charge in [-0.1, -0.05) is 6.07 Å². The number of morpholine rings is 2. The molecule has 1 aromatic rings. The number of benzene rings is 1. The highest BCUT2D eigenvalue weighted by Gasteiger charge is 2.24. The van der Waals surface area contributed by atoms with Crippen LogP contribution in [0.4, 0.5) is 4.39 Å². The molecule has 2 aliphatic rings. The Bertz CT molecular complexity index is 743. The quantitative estimate of drug-likeness (QED) is 0.302. The molecule has 28 heavy (non-hydrogen) atoms. The number of rotatable bonds is 7. The Hall–Kier alpha value is -2.33. The first kappa shape index (κ1) is 20.4. The molecule has 2 heterocycles. The van der Waals surface area contributed by atoms with Crippen molar-refractivity contribution in [1.29, 1.82) is 0 Å². The zero-order chi connectivity index (χ0) is 19.9. The Balaban J connectivity index is 1.75. The number of hydrogen-bond acceptors (Lipinski definition) is 7. The average molecular weight is 393 g/mol. The molecule has 2 fully saturated rings. The minimum Gasteiger partial charge on any atom is -0.477 e. The van der Waals surface area contributed by atoms with Gasteiger partial charge < -0.3 is 20.0 Å². The summed E-state index contributed by atoms with van der Waals surface area (Å²) in [6.45, 7) is 5.45. The van der Waals surface area contributed by atoms with Crippen LogP contribution >= 0.6 is 0 Å². The third kappa shape index (κ3) is 5.35. The van der Waals surface area contributed by atoms with Gasteiger partial charge in [-0.05, 0) is 17.7 Å². The molecule has 152 valence electrons. The largest absolute Gasteiger partial charge is 0.477 e. The first-order chi connectivity index (χ1) is 13.5. The first-order valence-corrected chi connectivity index (χ1v) is 9.20. The van der Waals surface area contributed by atoms with Crippen molar-refractivity contribution in [2.45, 2.75) is 6.54 Å². The van der Waals surface area contributed by atoms with E-state index in [1.54, 1.807) is 11.1 Å². The molecular weight excluding hydrogens is 369 g/mol. The number of hydrogen-bond donors (Lipinski definition) is 2. The number of aliphatic carboxylic acids is 1. The zero-order valence-corrected chi connectivity index (χ0v) is 15.5. The fourth-order valence-corrected chi connectivity index (χ4v) is 3.08. The molecule has 0 bridgehead atoms. The Morgan fingerprint density at radius 3 is 2.39 bits per heavy atom. The van der Waals surface area contributed by atoms with Crippen molar-refractivity contribution in [3.63, 3.8) is 0 Å². The molecule has 1 aromatic carbocycles. The van der Waals surface area contributed by atoms with Crippen LogP contribution < -0.4 is 5.43 Å². The highest BCUT2D eigenvalue weighted by Crippen LogP contribution is 2.17. The lowest BCUT2D eigenvalue weighted by atomic mass is 10.0. The Labute approximate surface area is 162 Å². The summed E-state index contributed by atoms with van der Waals surface area (Å²) in [5.74, 6) is -3.02. The van der Waals surface area contributed by atoms with Gasteiger partial charge >= 0.3 is 5.97 Å². The number of hydrazine groups is 1. The topological polar surface area (TPSA) is 91.3 Å². The van der Waals surface area contributed by atoms with Gasteiger partial charge in [-0.3, -0.25) is 9.69 Å². The summed E-state index contributed by atoms with van der Waals surface area (Å²) in [6.07, 6.45) is 1.12. The van der Waals surface area contributed by atoms with Gasteiger partial charge in [0.1, 0.15) is 11.4 Å². The van der Waals surface area contributed by atoms with Gasteiger partial charge in [-0.15, -0.1) is 0 Å². The van der Waals surface area contributed by atoms with Gasteiger partial charge in [0.15, 0.2) is 0 Å².